The van der Waals surface area contributed by atoms with E-state index < -0.39 is 47.9 Å². The lowest BCUT2D eigenvalue weighted by atomic mass is 10.0. The Morgan fingerprint density at radius 3 is 2.21 bits per heavy atom. The lowest BCUT2D eigenvalue weighted by molar-refractivity contribution is -0.153. The monoisotopic (exact) mass is 483 g/mol. The Balaban J connectivity index is 1.64. The van der Waals surface area contributed by atoms with E-state index in [1.54, 1.807) is 45.0 Å². The highest BCUT2D eigenvalue weighted by Gasteiger charge is 2.54. The van der Waals surface area contributed by atoms with Gasteiger partial charge >= 0.3 is 12.1 Å². The normalized spacial score (nSPS) is 21.6. The van der Waals surface area contributed by atoms with Crippen molar-refractivity contribution in [2.24, 2.45) is 0 Å². The Bertz CT molecular complexity index is 1170. The number of carbonyl (C=O) groups excluding carboxylic acids is 3. The zero-order valence-corrected chi connectivity index (χ0v) is 19.9. The predicted molar refractivity (Wildman–Crippen MR) is 130 cm³/mol. The van der Waals surface area contributed by atoms with Crippen molar-refractivity contribution < 1.29 is 28.0 Å². The number of hydrogen-bond acceptors (Lipinski definition) is 6. The van der Waals surface area contributed by atoms with E-state index in [9.17, 15) is 14.4 Å². The van der Waals surface area contributed by atoms with Crippen molar-refractivity contribution in [3.05, 3.63) is 83.1 Å². The fourth-order valence-electron chi connectivity index (χ4n) is 3.79. The highest BCUT2D eigenvalue weighted by atomic mass is 32.2. The molecule has 2 aromatic carbocycles. The van der Waals surface area contributed by atoms with Crippen LogP contribution < -0.4 is 5.32 Å². The standard InChI is InChI=1S/C26H28N2O5S/c1-16-15-34-23-19(27-25(31)33-26(2,3)4)22(29)28(23)20(16)24(30)32-21(17-11-7-5-8-12-17)18-13-9-6-10-14-18/h5-14,19,21,23H,15H2,1-4H3,(H,27,31)/t19-,23-/m1/s1/i1D3. The number of ether oxygens (including phenoxy) is 2. The lowest BCUT2D eigenvalue weighted by Gasteiger charge is -2.49. The van der Waals surface area contributed by atoms with Gasteiger partial charge in [0.15, 0.2) is 6.10 Å². The summed E-state index contributed by atoms with van der Waals surface area (Å²) in [6.45, 7) is 2.48. The number of benzene rings is 2. The van der Waals surface area contributed by atoms with Crippen molar-refractivity contribution in [3.63, 3.8) is 0 Å². The number of rotatable bonds is 5. The molecule has 1 fully saturated rings. The van der Waals surface area contributed by atoms with Crippen LogP contribution in [0.1, 0.15) is 49.0 Å². The van der Waals surface area contributed by atoms with Gasteiger partial charge in [-0.15, -0.1) is 11.8 Å². The topological polar surface area (TPSA) is 84.9 Å². The van der Waals surface area contributed by atoms with Gasteiger partial charge in [-0.25, -0.2) is 9.59 Å². The maximum absolute atomic E-state index is 13.6. The summed E-state index contributed by atoms with van der Waals surface area (Å²) in [7, 11) is 0. The zero-order valence-electron chi connectivity index (χ0n) is 22.1. The van der Waals surface area contributed by atoms with Gasteiger partial charge in [-0.2, -0.15) is 0 Å². The van der Waals surface area contributed by atoms with E-state index in [0.717, 1.165) is 16.7 Å². The van der Waals surface area contributed by atoms with E-state index in [4.69, 9.17) is 13.6 Å². The van der Waals surface area contributed by atoms with Crippen molar-refractivity contribution >= 4 is 29.7 Å². The molecular formula is C26H28N2O5S. The van der Waals surface area contributed by atoms with Crippen LogP contribution in [0.2, 0.25) is 0 Å². The fraction of sp³-hybridized carbons (Fsp3) is 0.346. The van der Waals surface area contributed by atoms with Gasteiger partial charge in [-0.05, 0) is 44.3 Å². The van der Waals surface area contributed by atoms with Crippen molar-refractivity contribution in [3.8, 4) is 0 Å². The number of esters is 1. The van der Waals surface area contributed by atoms with Gasteiger partial charge in [0.1, 0.15) is 22.7 Å². The molecule has 2 atom stereocenters. The third-order valence-electron chi connectivity index (χ3n) is 5.26. The summed E-state index contributed by atoms with van der Waals surface area (Å²) in [6.07, 6.45) is -1.59. The molecule has 34 heavy (non-hydrogen) atoms. The van der Waals surface area contributed by atoms with Gasteiger partial charge in [-0.3, -0.25) is 9.69 Å². The molecule has 0 saturated carbocycles. The number of carbonyl (C=O) groups is 3. The first-order valence-electron chi connectivity index (χ1n) is 12.4. The third-order valence-corrected chi connectivity index (χ3v) is 6.54. The van der Waals surface area contributed by atoms with Crippen LogP contribution in [0.4, 0.5) is 4.79 Å². The Morgan fingerprint density at radius 1 is 1.09 bits per heavy atom. The summed E-state index contributed by atoms with van der Waals surface area (Å²) in [5, 5.41) is 1.87. The minimum atomic E-state index is -2.62. The summed E-state index contributed by atoms with van der Waals surface area (Å²) < 4.78 is 35.1. The Morgan fingerprint density at radius 2 is 1.68 bits per heavy atom. The smallest absolute Gasteiger partial charge is 0.408 e. The van der Waals surface area contributed by atoms with Crippen LogP contribution >= 0.6 is 11.8 Å². The van der Waals surface area contributed by atoms with E-state index in [2.05, 4.69) is 5.32 Å². The van der Waals surface area contributed by atoms with Gasteiger partial charge in [0.2, 0.25) is 0 Å². The number of amides is 2. The predicted octanol–water partition coefficient (Wildman–Crippen LogP) is 4.40. The Kier molecular flexibility index (Phi) is 5.65. The molecule has 0 aliphatic carbocycles. The van der Waals surface area contributed by atoms with Crippen molar-refractivity contribution in [2.75, 3.05) is 5.75 Å². The van der Waals surface area contributed by atoms with Gasteiger partial charge in [-0.1, -0.05) is 60.7 Å². The van der Waals surface area contributed by atoms with Gasteiger partial charge < -0.3 is 14.8 Å². The number of alkyl carbamates (subject to hydrolysis) is 1. The van der Waals surface area contributed by atoms with Crippen molar-refractivity contribution in [1.29, 1.82) is 0 Å². The molecule has 1 saturated heterocycles. The van der Waals surface area contributed by atoms with Crippen LogP contribution in [-0.4, -0.2) is 45.6 Å². The summed E-state index contributed by atoms with van der Waals surface area (Å²) in [5.74, 6) is -1.55. The second-order valence-electron chi connectivity index (χ2n) is 8.97. The summed E-state index contributed by atoms with van der Waals surface area (Å²) in [5.41, 5.74) is 0.165. The molecule has 1 N–H and O–H groups in total. The summed E-state index contributed by atoms with van der Waals surface area (Å²) >= 11 is 1.16. The number of fused-ring (bicyclic) bond motifs is 1. The first-order chi connectivity index (χ1) is 17.4. The average molecular weight is 484 g/mol. The molecule has 2 amide bonds. The van der Waals surface area contributed by atoms with Crippen LogP contribution in [0.15, 0.2) is 71.9 Å². The first kappa shape index (κ1) is 20.1. The third kappa shape index (κ3) is 4.97. The van der Waals surface area contributed by atoms with Crippen molar-refractivity contribution in [2.45, 2.75) is 50.7 Å². The first-order valence-corrected chi connectivity index (χ1v) is 11.9. The molecular weight excluding hydrogens is 452 g/mol. The molecule has 2 heterocycles. The lowest BCUT2D eigenvalue weighted by Crippen LogP contribution is -2.70. The molecule has 178 valence electrons. The number of hydrogen-bond donors (Lipinski definition) is 1. The van der Waals surface area contributed by atoms with Crippen LogP contribution in [-0.2, 0) is 19.1 Å². The SMILES string of the molecule is [2H]C([2H])([2H])C1=C(C(=O)OC(c2ccccc2)c2ccccc2)N2C(=O)[C@@H](NC(=O)OC(C)(C)C)[C@H]2SC1. The maximum Gasteiger partial charge on any atom is 0.408 e. The Labute approximate surface area is 207 Å². The van der Waals surface area contributed by atoms with Crippen LogP contribution in [0.3, 0.4) is 0 Å². The summed E-state index contributed by atoms with van der Waals surface area (Å²) in [4.78, 5) is 40.1. The number of nitrogens with one attached hydrogen (secondary N) is 1. The minimum Gasteiger partial charge on any atom is -0.448 e. The fourth-order valence-corrected chi connectivity index (χ4v) is 5.00. The molecule has 0 bridgehead atoms. The molecule has 0 spiro atoms. The molecule has 4 rings (SSSR count). The van der Waals surface area contributed by atoms with Crippen LogP contribution in [0, 0.1) is 0 Å². The maximum atomic E-state index is 13.6. The molecule has 2 aromatic rings. The van der Waals surface area contributed by atoms with E-state index >= 15 is 0 Å². The number of nitrogens with zero attached hydrogens (tertiary/aromatic N) is 1. The quantitative estimate of drug-likeness (QED) is 0.501. The van der Waals surface area contributed by atoms with Crippen molar-refractivity contribution in [1.82, 2.24) is 10.2 Å². The van der Waals surface area contributed by atoms with Crippen LogP contribution in [0.5, 0.6) is 0 Å². The van der Waals surface area contributed by atoms with Crippen LogP contribution in [0.25, 0.3) is 0 Å². The molecule has 0 unspecified atom stereocenters. The molecule has 0 aromatic heterocycles. The second kappa shape index (κ2) is 9.54. The molecule has 8 heteroatoms. The van der Waals surface area contributed by atoms with E-state index in [1.807, 2.05) is 36.4 Å². The molecule has 7 nitrogen and oxygen atoms in total. The molecule has 2 aliphatic rings. The summed E-state index contributed by atoms with van der Waals surface area (Å²) in [6, 6.07) is 17.2. The van der Waals surface area contributed by atoms with E-state index in [1.165, 1.54) is 0 Å². The highest BCUT2D eigenvalue weighted by Crippen LogP contribution is 2.41. The zero-order chi connectivity index (χ0) is 27.0. The van der Waals surface area contributed by atoms with E-state index in [-0.39, 0.29) is 17.0 Å². The average Bonchev–Trinajstić information content (AvgIpc) is 2.84. The molecule has 2 aliphatic heterocycles. The van der Waals surface area contributed by atoms with Gasteiger partial charge in [0.25, 0.3) is 5.91 Å². The largest absolute Gasteiger partial charge is 0.448 e. The molecule has 0 radical (unpaired) electrons. The van der Waals surface area contributed by atoms with E-state index in [0.29, 0.717) is 11.1 Å². The minimum absolute atomic E-state index is 0.0246. The number of thioether (sulfide) groups is 1. The Hall–Kier alpha value is -3.26. The number of β-lactam (4-membered cyclic amide) rings is 1. The van der Waals surface area contributed by atoms with Gasteiger partial charge in [0.05, 0.1) is 0 Å². The second-order valence-corrected chi connectivity index (χ2v) is 10.1. The highest BCUT2D eigenvalue weighted by molar-refractivity contribution is 8.00. The van der Waals surface area contributed by atoms with Gasteiger partial charge in [0, 0.05) is 9.87 Å².